The molecule has 2 aromatic rings. The van der Waals surface area contributed by atoms with E-state index in [0.717, 1.165) is 17.0 Å². The van der Waals surface area contributed by atoms with Crippen molar-refractivity contribution in [3.63, 3.8) is 0 Å². The average Bonchev–Trinajstić information content (AvgIpc) is 2.59. The predicted octanol–water partition coefficient (Wildman–Crippen LogP) is 0.711. The Bertz CT molecular complexity index is 466. The summed E-state index contributed by atoms with van der Waals surface area (Å²) in [6, 6.07) is 0. The van der Waals surface area contributed by atoms with Gasteiger partial charge in [0.2, 0.25) is 0 Å². The van der Waals surface area contributed by atoms with Crippen LogP contribution >= 0.6 is 0 Å². The van der Waals surface area contributed by atoms with Gasteiger partial charge in [-0.2, -0.15) is 10.2 Å². The standard InChI is InChI=1S/C9H13N5/c1-6-7(4-11-14(6)3)9-8(10)5-13(2)12-9/h4-5H,10H2,1-3H3. The van der Waals surface area contributed by atoms with E-state index in [1.165, 1.54) is 0 Å². The molecule has 0 amide bonds. The van der Waals surface area contributed by atoms with E-state index in [9.17, 15) is 0 Å². The second-order valence-electron chi connectivity index (χ2n) is 3.37. The summed E-state index contributed by atoms with van der Waals surface area (Å²) in [5.41, 5.74) is 9.38. The first-order valence-corrected chi connectivity index (χ1v) is 4.37. The highest BCUT2D eigenvalue weighted by Crippen LogP contribution is 2.25. The molecule has 0 saturated carbocycles. The van der Waals surface area contributed by atoms with Gasteiger partial charge < -0.3 is 5.73 Å². The first kappa shape index (κ1) is 8.80. The Kier molecular flexibility index (Phi) is 1.80. The first-order chi connectivity index (χ1) is 6.59. The van der Waals surface area contributed by atoms with E-state index >= 15 is 0 Å². The second kappa shape index (κ2) is 2.87. The molecule has 0 fully saturated rings. The molecule has 2 heterocycles. The maximum Gasteiger partial charge on any atom is 0.119 e. The van der Waals surface area contributed by atoms with Crippen LogP contribution in [0.25, 0.3) is 11.3 Å². The molecular weight excluding hydrogens is 178 g/mol. The van der Waals surface area contributed by atoms with Crippen LogP contribution in [0.3, 0.4) is 0 Å². The summed E-state index contributed by atoms with van der Waals surface area (Å²) >= 11 is 0. The fourth-order valence-electron chi connectivity index (χ4n) is 1.45. The highest BCUT2D eigenvalue weighted by molar-refractivity contribution is 5.73. The van der Waals surface area contributed by atoms with Crippen molar-refractivity contribution in [3.8, 4) is 11.3 Å². The molecule has 0 atom stereocenters. The SMILES string of the molecule is Cc1c(-c2nn(C)cc2N)cnn1C. The highest BCUT2D eigenvalue weighted by Gasteiger charge is 2.12. The number of aromatic nitrogens is 4. The van der Waals surface area contributed by atoms with Gasteiger partial charge in [-0.05, 0) is 6.92 Å². The zero-order valence-electron chi connectivity index (χ0n) is 8.52. The molecule has 0 bridgehead atoms. The molecule has 0 aromatic carbocycles. The van der Waals surface area contributed by atoms with E-state index < -0.39 is 0 Å². The Morgan fingerprint density at radius 3 is 2.50 bits per heavy atom. The monoisotopic (exact) mass is 191 g/mol. The van der Waals surface area contributed by atoms with Crippen molar-refractivity contribution >= 4 is 5.69 Å². The van der Waals surface area contributed by atoms with Crippen molar-refractivity contribution in [1.29, 1.82) is 0 Å². The molecule has 2 rings (SSSR count). The minimum atomic E-state index is 0.684. The van der Waals surface area contributed by atoms with Crippen molar-refractivity contribution in [1.82, 2.24) is 19.6 Å². The zero-order chi connectivity index (χ0) is 10.3. The molecule has 0 saturated heterocycles. The lowest BCUT2D eigenvalue weighted by atomic mass is 10.2. The molecule has 0 aliphatic heterocycles. The smallest absolute Gasteiger partial charge is 0.119 e. The zero-order valence-corrected chi connectivity index (χ0v) is 8.52. The van der Waals surface area contributed by atoms with Crippen LogP contribution in [0.4, 0.5) is 5.69 Å². The van der Waals surface area contributed by atoms with E-state index in [-0.39, 0.29) is 0 Å². The number of aryl methyl sites for hydroxylation is 2. The molecule has 5 nitrogen and oxygen atoms in total. The lowest BCUT2D eigenvalue weighted by Gasteiger charge is -1.97. The molecule has 0 spiro atoms. The third-order valence-corrected chi connectivity index (χ3v) is 2.35. The summed E-state index contributed by atoms with van der Waals surface area (Å²) < 4.78 is 3.51. The van der Waals surface area contributed by atoms with Crippen LogP contribution in [0.5, 0.6) is 0 Å². The molecule has 2 N–H and O–H groups in total. The van der Waals surface area contributed by atoms with E-state index in [1.54, 1.807) is 17.1 Å². The third-order valence-electron chi connectivity index (χ3n) is 2.35. The number of rotatable bonds is 1. The summed E-state index contributed by atoms with van der Waals surface area (Å²) in [6.45, 7) is 2.00. The Morgan fingerprint density at radius 2 is 2.07 bits per heavy atom. The largest absolute Gasteiger partial charge is 0.396 e. The Labute approximate surface area is 82.1 Å². The van der Waals surface area contributed by atoms with Gasteiger partial charge in [-0.15, -0.1) is 0 Å². The number of hydrogen-bond acceptors (Lipinski definition) is 3. The highest BCUT2D eigenvalue weighted by atomic mass is 15.3. The topological polar surface area (TPSA) is 61.7 Å². The number of hydrogen-bond donors (Lipinski definition) is 1. The molecule has 5 heteroatoms. The van der Waals surface area contributed by atoms with E-state index in [0.29, 0.717) is 5.69 Å². The van der Waals surface area contributed by atoms with Gasteiger partial charge in [-0.3, -0.25) is 9.36 Å². The van der Waals surface area contributed by atoms with Crippen molar-refractivity contribution in [2.24, 2.45) is 14.1 Å². The fourth-order valence-corrected chi connectivity index (χ4v) is 1.45. The summed E-state index contributed by atoms with van der Waals surface area (Å²) in [5.74, 6) is 0. The Hall–Kier alpha value is -1.78. The number of nitrogens with two attached hydrogens (primary N) is 1. The van der Waals surface area contributed by atoms with Gasteiger partial charge in [0.15, 0.2) is 0 Å². The van der Waals surface area contributed by atoms with Crippen molar-refractivity contribution < 1.29 is 0 Å². The van der Waals surface area contributed by atoms with Gasteiger partial charge in [-0.1, -0.05) is 0 Å². The molecule has 0 aliphatic carbocycles. The van der Waals surface area contributed by atoms with E-state index in [2.05, 4.69) is 10.2 Å². The Balaban J connectivity index is 2.59. The summed E-state index contributed by atoms with van der Waals surface area (Å²) in [5, 5.41) is 8.45. The van der Waals surface area contributed by atoms with Gasteiger partial charge >= 0.3 is 0 Å². The maximum atomic E-state index is 5.83. The Morgan fingerprint density at radius 1 is 1.36 bits per heavy atom. The lowest BCUT2D eigenvalue weighted by Crippen LogP contribution is -1.94. The normalized spacial score (nSPS) is 10.8. The van der Waals surface area contributed by atoms with Gasteiger partial charge in [-0.25, -0.2) is 0 Å². The van der Waals surface area contributed by atoms with Crippen LogP contribution in [0.2, 0.25) is 0 Å². The molecule has 0 unspecified atom stereocenters. The van der Waals surface area contributed by atoms with Crippen molar-refractivity contribution in [2.45, 2.75) is 6.92 Å². The average molecular weight is 191 g/mol. The third kappa shape index (κ3) is 1.17. The second-order valence-corrected chi connectivity index (χ2v) is 3.37. The maximum absolute atomic E-state index is 5.83. The minimum Gasteiger partial charge on any atom is -0.396 e. The van der Waals surface area contributed by atoms with Gasteiger partial charge in [0.05, 0.1) is 11.9 Å². The van der Waals surface area contributed by atoms with Gasteiger partial charge in [0.25, 0.3) is 0 Å². The molecule has 74 valence electrons. The summed E-state index contributed by atoms with van der Waals surface area (Å²) in [4.78, 5) is 0. The van der Waals surface area contributed by atoms with Crippen LogP contribution < -0.4 is 5.73 Å². The van der Waals surface area contributed by atoms with Crippen molar-refractivity contribution in [3.05, 3.63) is 18.1 Å². The van der Waals surface area contributed by atoms with Crippen LogP contribution in [-0.4, -0.2) is 19.6 Å². The van der Waals surface area contributed by atoms with Crippen LogP contribution in [-0.2, 0) is 14.1 Å². The molecule has 0 aliphatic rings. The molecule has 2 aromatic heterocycles. The van der Waals surface area contributed by atoms with Crippen LogP contribution in [0, 0.1) is 6.92 Å². The van der Waals surface area contributed by atoms with E-state index in [4.69, 9.17) is 5.73 Å². The lowest BCUT2D eigenvalue weighted by molar-refractivity contribution is 0.740. The van der Waals surface area contributed by atoms with Crippen LogP contribution in [0.15, 0.2) is 12.4 Å². The molecule has 14 heavy (non-hydrogen) atoms. The first-order valence-electron chi connectivity index (χ1n) is 4.37. The van der Waals surface area contributed by atoms with Gasteiger partial charge in [0, 0.05) is 31.5 Å². The van der Waals surface area contributed by atoms with Crippen LogP contribution in [0.1, 0.15) is 5.69 Å². The number of nitrogen functional groups attached to an aromatic ring is 1. The minimum absolute atomic E-state index is 0.684. The summed E-state index contributed by atoms with van der Waals surface area (Å²) in [7, 11) is 3.75. The molecule has 0 radical (unpaired) electrons. The number of nitrogens with zero attached hydrogens (tertiary/aromatic N) is 4. The predicted molar refractivity (Wildman–Crippen MR) is 54.6 cm³/mol. The fraction of sp³-hybridized carbons (Fsp3) is 0.333. The van der Waals surface area contributed by atoms with Crippen molar-refractivity contribution in [2.75, 3.05) is 5.73 Å². The van der Waals surface area contributed by atoms with Gasteiger partial charge in [0.1, 0.15) is 5.69 Å². The number of anilines is 1. The summed E-state index contributed by atoms with van der Waals surface area (Å²) in [6.07, 6.45) is 3.58. The molecular formula is C9H13N5. The quantitative estimate of drug-likeness (QED) is 0.722. The van der Waals surface area contributed by atoms with E-state index in [1.807, 2.05) is 25.7 Å².